The predicted molar refractivity (Wildman–Crippen MR) is 87.9 cm³/mol. The van der Waals surface area contributed by atoms with Crippen LogP contribution in [0.25, 0.3) is 0 Å². The molecule has 4 atom stereocenters. The van der Waals surface area contributed by atoms with Crippen molar-refractivity contribution in [1.29, 1.82) is 0 Å². The van der Waals surface area contributed by atoms with Crippen molar-refractivity contribution in [2.75, 3.05) is 14.2 Å². The molecule has 2 bridgehead atoms. The molecule has 4 heteroatoms. The third-order valence-electron chi connectivity index (χ3n) is 4.98. The van der Waals surface area contributed by atoms with Crippen molar-refractivity contribution in [3.63, 3.8) is 0 Å². The van der Waals surface area contributed by atoms with E-state index in [1.165, 1.54) is 31.2 Å². The Morgan fingerprint density at radius 1 is 1.15 bits per heavy atom. The van der Waals surface area contributed by atoms with Gasteiger partial charge in [0.1, 0.15) is 16.0 Å². The van der Waals surface area contributed by atoms with Crippen LogP contribution in [0.5, 0.6) is 11.5 Å². The molecule has 0 amide bonds. The zero-order chi connectivity index (χ0) is 14.3. The van der Waals surface area contributed by atoms with Gasteiger partial charge in [-0.15, -0.1) is 0 Å². The Labute approximate surface area is 137 Å². The smallest absolute Gasteiger partial charge is 0.141 e. The number of hydrogen-bond donors (Lipinski definition) is 0. The van der Waals surface area contributed by atoms with Gasteiger partial charge in [0.15, 0.2) is 0 Å². The predicted octanol–water partition coefficient (Wildman–Crippen LogP) is 5.34. The van der Waals surface area contributed by atoms with Gasteiger partial charge in [-0.05, 0) is 59.0 Å². The third-order valence-corrected chi connectivity index (χ3v) is 6.91. The second-order valence-corrected chi connectivity index (χ2v) is 7.72. The number of benzene rings is 1. The largest absolute Gasteiger partial charge is 0.495 e. The van der Waals surface area contributed by atoms with Crippen molar-refractivity contribution in [2.45, 2.75) is 30.5 Å². The molecule has 2 aliphatic carbocycles. The van der Waals surface area contributed by atoms with Crippen molar-refractivity contribution < 1.29 is 9.47 Å². The summed E-state index contributed by atoms with van der Waals surface area (Å²) >= 11 is 7.54. The maximum Gasteiger partial charge on any atom is 0.141 e. The maximum absolute atomic E-state index is 5.62. The minimum atomic E-state index is 0.370. The second-order valence-electron chi connectivity index (χ2n) is 5.94. The van der Waals surface area contributed by atoms with Crippen LogP contribution in [0.2, 0.25) is 0 Å². The van der Waals surface area contributed by atoms with Gasteiger partial charge in [-0.2, -0.15) is 0 Å². The molecule has 0 aliphatic heterocycles. The van der Waals surface area contributed by atoms with Crippen LogP contribution >= 0.6 is 31.9 Å². The zero-order valence-electron chi connectivity index (χ0n) is 11.9. The summed E-state index contributed by atoms with van der Waals surface area (Å²) in [6, 6.07) is 4.15. The molecule has 0 aromatic heterocycles. The zero-order valence-corrected chi connectivity index (χ0v) is 15.0. The summed E-state index contributed by atoms with van der Waals surface area (Å²) < 4.78 is 11.9. The van der Waals surface area contributed by atoms with Crippen molar-refractivity contribution >= 4 is 31.9 Å². The van der Waals surface area contributed by atoms with Gasteiger partial charge in [-0.1, -0.05) is 28.4 Å². The second kappa shape index (κ2) is 5.88. The average Bonchev–Trinajstić information content (AvgIpc) is 3.08. The van der Waals surface area contributed by atoms with Crippen LogP contribution in [0.1, 0.15) is 36.1 Å². The molecule has 2 nitrogen and oxygen atoms in total. The topological polar surface area (TPSA) is 18.5 Å². The van der Waals surface area contributed by atoms with Gasteiger partial charge < -0.3 is 9.47 Å². The van der Waals surface area contributed by atoms with Crippen LogP contribution < -0.4 is 9.47 Å². The highest BCUT2D eigenvalue weighted by Crippen LogP contribution is 2.56. The SMILES string of the molecule is COc1ccc(C(Br)C2CC3CCC2C3)c(OC)c1Br. The first-order chi connectivity index (χ1) is 9.65. The van der Waals surface area contributed by atoms with E-state index < -0.39 is 0 Å². The van der Waals surface area contributed by atoms with Crippen LogP contribution in [-0.2, 0) is 0 Å². The molecule has 1 aromatic rings. The van der Waals surface area contributed by atoms with Crippen LogP contribution in [-0.4, -0.2) is 14.2 Å². The van der Waals surface area contributed by atoms with Gasteiger partial charge in [0.05, 0.1) is 14.2 Å². The molecule has 2 saturated carbocycles. The molecule has 0 N–H and O–H groups in total. The van der Waals surface area contributed by atoms with E-state index in [2.05, 4.69) is 37.9 Å². The van der Waals surface area contributed by atoms with E-state index in [9.17, 15) is 0 Å². The van der Waals surface area contributed by atoms with Crippen molar-refractivity contribution in [3.05, 3.63) is 22.2 Å². The first kappa shape index (κ1) is 14.7. The van der Waals surface area contributed by atoms with Crippen LogP contribution in [0.3, 0.4) is 0 Å². The summed E-state index contributed by atoms with van der Waals surface area (Å²) in [4.78, 5) is 0.370. The van der Waals surface area contributed by atoms with E-state index in [0.717, 1.165) is 33.7 Å². The van der Waals surface area contributed by atoms with Crippen LogP contribution in [0.15, 0.2) is 16.6 Å². The first-order valence-corrected chi connectivity index (χ1v) is 8.91. The fraction of sp³-hybridized carbons (Fsp3) is 0.625. The molecular formula is C16H20Br2O2. The number of alkyl halides is 1. The fourth-order valence-electron chi connectivity index (χ4n) is 4.02. The lowest BCUT2D eigenvalue weighted by atomic mass is 9.84. The lowest BCUT2D eigenvalue weighted by Crippen LogP contribution is -2.16. The summed E-state index contributed by atoms with van der Waals surface area (Å²) in [6.45, 7) is 0. The van der Waals surface area contributed by atoms with Gasteiger partial charge in [0.25, 0.3) is 0 Å². The lowest BCUT2D eigenvalue weighted by molar-refractivity contribution is 0.322. The highest BCUT2D eigenvalue weighted by molar-refractivity contribution is 9.10. The Morgan fingerprint density at radius 3 is 2.50 bits per heavy atom. The standard InChI is InChI=1S/C16H20Br2O2/c1-19-13-6-5-11(16(20-2)15(13)18)14(17)12-8-9-3-4-10(12)7-9/h5-6,9-10,12,14H,3-4,7-8H2,1-2H3. The van der Waals surface area contributed by atoms with Gasteiger partial charge in [0, 0.05) is 10.4 Å². The molecule has 0 radical (unpaired) electrons. The van der Waals surface area contributed by atoms with Crippen molar-refractivity contribution in [1.82, 2.24) is 0 Å². The monoisotopic (exact) mass is 402 g/mol. The molecule has 20 heavy (non-hydrogen) atoms. The highest BCUT2D eigenvalue weighted by Gasteiger charge is 2.43. The van der Waals surface area contributed by atoms with E-state index in [0.29, 0.717) is 4.83 Å². The molecule has 4 unspecified atom stereocenters. The molecule has 2 fully saturated rings. The molecule has 3 rings (SSSR count). The molecule has 2 aliphatic rings. The quantitative estimate of drug-likeness (QED) is 0.631. The molecular weight excluding hydrogens is 384 g/mol. The van der Waals surface area contributed by atoms with E-state index in [4.69, 9.17) is 9.47 Å². The Kier molecular flexibility index (Phi) is 4.32. The number of rotatable bonds is 4. The van der Waals surface area contributed by atoms with Crippen LogP contribution in [0.4, 0.5) is 0 Å². The minimum absolute atomic E-state index is 0.370. The Balaban J connectivity index is 1.91. The average molecular weight is 404 g/mol. The van der Waals surface area contributed by atoms with Crippen LogP contribution in [0, 0.1) is 17.8 Å². The molecule has 0 spiro atoms. The molecule has 1 aromatic carbocycles. The number of hydrogen-bond acceptors (Lipinski definition) is 2. The van der Waals surface area contributed by atoms with E-state index in [-0.39, 0.29) is 0 Å². The molecule has 110 valence electrons. The first-order valence-electron chi connectivity index (χ1n) is 7.20. The van der Waals surface area contributed by atoms with Gasteiger partial charge in [-0.3, -0.25) is 0 Å². The highest BCUT2D eigenvalue weighted by atomic mass is 79.9. The Morgan fingerprint density at radius 2 is 1.95 bits per heavy atom. The summed E-state index contributed by atoms with van der Waals surface area (Å²) in [5.74, 6) is 4.29. The lowest BCUT2D eigenvalue weighted by Gasteiger charge is -2.28. The number of methoxy groups -OCH3 is 2. The fourth-order valence-corrected chi connectivity index (χ4v) is 5.71. The number of ether oxygens (including phenoxy) is 2. The van der Waals surface area contributed by atoms with E-state index in [1.807, 2.05) is 6.07 Å². The van der Waals surface area contributed by atoms with Crippen molar-refractivity contribution in [2.24, 2.45) is 17.8 Å². The van der Waals surface area contributed by atoms with E-state index in [1.54, 1.807) is 14.2 Å². The van der Waals surface area contributed by atoms with E-state index >= 15 is 0 Å². The van der Waals surface area contributed by atoms with Gasteiger partial charge >= 0.3 is 0 Å². The summed E-state index contributed by atoms with van der Waals surface area (Å²) in [5, 5.41) is 0. The van der Waals surface area contributed by atoms with Gasteiger partial charge in [0.2, 0.25) is 0 Å². The molecule has 0 saturated heterocycles. The number of halogens is 2. The van der Waals surface area contributed by atoms with Gasteiger partial charge in [-0.25, -0.2) is 0 Å². The maximum atomic E-state index is 5.62. The molecule has 0 heterocycles. The van der Waals surface area contributed by atoms with Crippen molar-refractivity contribution in [3.8, 4) is 11.5 Å². The Bertz CT molecular complexity index is 503. The minimum Gasteiger partial charge on any atom is -0.495 e. The Hall–Kier alpha value is -0.220. The number of fused-ring (bicyclic) bond motifs is 2. The summed E-state index contributed by atoms with van der Waals surface area (Å²) in [6.07, 6.45) is 5.61. The summed E-state index contributed by atoms with van der Waals surface area (Å²) in [7, 11) is 3.41. The normalized spacial score (nSPS) is 29.5. The summed E-state index contributed by atoms with van der Waals surface area (Å²) in [5.41, 5.74) is 1.23. The third kappa shape index (κ3) is 2.39.